The summed E-state index contributed by atoms with van der Waals surface area (Å²) in [5.41, 5.74) is 8.23. The van der Waals surface area contributed by atoms with Gasteiger partial charge in [0.2, 0.25) is 0 Å². The summed E-state index contributed by atoms with van der Waals surface area (Å²) < 4.78 is 4.50. The van der Waals surface area contributed by atoms with Crippen molar-refractivity contribution >= 4 is 40.1 Å². The highest BCUT2D eigenvalue weighted by atomic mass is 35.5. The molecule has 34 heavy (non-hydrogen) atoms. The Labute approximate surface area is 210 Å². The van der Waals surface area contributed by atoms with Crippen molar-refractivity contribution in [3.05, 3.63) is 76.2 Å². The zero-order valence-corrected chi connectivity index (χ0v) is 20.8. The molecule has 0 atom stereocenters. The van der Waals surface area contributed by atoms with Crippen molar-refractivity contribution in [1.82, 2.24) is 19.5 Å². The molecule has 2 aromatic carbocycles. The maximum Gasteiger partial charge on any atom is 0.150 e. The number of nitrogens with one attached hydrogen (secondary N) is 2. The number of thiocarbonyl (C=S) groups is 1. The first-order valence-corrected chi connectivity index (χ1v) is 12.9. The molecule has 2 aliphatic rings. The Morgan fingerprint density at radius 3 is 2.59 bits per heavy atom. The van der Waals surface area contributed by atoms with E-state index in [2.05, 4.69) is 63.0 Å². The highest BCUT2D eigenvalue weighted by molar-refractivity contribution is 7.80. The fraction of sp³-hybridized carbons (Fsp3) is 0.333. The maximum atomic E-state index is 6.22. The number of anilines is 1. The van der Waals surface area contributed by atoms with Gasteiger partial charge in [0.05, 0.1) is 6.54 Å². The average Bonchev–Trinajstić information content (AvgIpc) is 3.55. The molecule has 2 aromatic heterocycles. The fourth-order valence-corrected chi connectivity index (χ4v) is 5.39. The van der Waals surface area contributed by atoms with Gasteiger partial charge in [0, 0.05) is 34.4 Å². The van der Waals surface area contributed by atoms with E-state index in [0.717, 1.165) is 58.6 Å². The van der Waals surface area contributed by atoms with Crippen molar-refractivity contribution in [2.24, 2.45) is 0 Å². The Balaban J connectivity index is 1.48. The fourth-order valence-electron chi connectivity index (χ4n) is 4.91. The van der Waals surface area contributed by atoms with Gasteiger partial charge in [-0.2, -0.15) is 5.10 Å². The number of hydrogen-bond acceptors (Lipinski definition) is 3. The first-order chi connectivity index (χ1) is 16.6. The van der Waals surface area contributed by atoms with Gasteiger partial charge >= 0.3 is 0 Å². The molecule has 4 aromatic rings. The van der Waals surface area contributed by atoms with Crippen LogP contribution in [-0.4, -0.2) is 25.2 Å². The molecule has 0 spiro atoms. The molecule has 7 heteroatoms. The van der Waals surface area contributed by atoms with E-state index in [0.29, 0.717) is 12.6 Å². The van der Waals surface area contributed by atoms with Crippen LogP contribution in [0.5, 0.6) is 0 Å². The van der Waals surface area contributed by atoms with Crippen LogP contribution in [0.1, 0.15) is 48.3 Å². The predicted octanol–water partition coefficient (Wildman–Crippen LogP) is 6.14. The van der Waals surface area contributed by atoms with Gasteiger partial charge in [0.15, 0.2) is 5.82 Å². The molecule has 0 bridgehead atoms. The van der Waals surface area contributed by atoms with E-state index in [1.165, 1.54) is 35.2 Å². The van der Waals surface area contributed by atoms with Crippen LogP contribution in [0.15, 0.2) is 48.5 Å². The van der Waals surface area contributed by atoms with Gasteiger partial charge in [0.25, 0.3) is 0 Å². The van der Waals surface area contributed by atoms with Gasteiger partial charge in [0.1, 0.15) is 16.3 Å². The van der Waals surface area contributed by atoms with E-state index in [9.17, 15) is 0 Å². The highest BCUT2D eigenvalue weighted by Crippen LogP contribution is 2.37. The first kappa shape index (κ1) is 21.7. The standard InChI is InChI=1S/C27H28ClN5S/c1-17-5-11-20(12-6-17)29-16-23-31-33-25(26(34)30-21-13-14-21)24(18-7-9-19(28)10-8-18)22-4-2-3-15-32(23)27(22)33/h5-12,21,29H,2-4,13-16H2,1H3,(H,30,34). The summed E-state index contributed by atoms with van der Waals surface area (Å²) in [5.74, 6) is 1.04. The van der Waals surface area contributed by atoms with Crippen LogP contribution in [-0.2, 0) is 19.5 Å². The largest absolute Gasteiger partial charge is 0.378 e. The van der Waals surface area contributed by atoms with Crippen molar-refractivity contribution in [3.63, 3.8) is 0 Å². The molecular weight excluding hydrogens is 462 g/mol. The van der Waals surface area contributed by atoms with Gasteiger partial charge in [-0.25, -0.2) is 4.52 Å². The van der Waals surface area contributed by atoms with Gasteiger partial charge < -0.3 is 15.2 Å². The summed E-state index contributed by atoms with van der Waals surface area (Å²) in [7, 11) is 0. The van der Waals surface area contributed by atoms with Crippen LogP contribution >= 0.6 is 23.8 Å². The normalized spacial score (nSPS) is 15.4. The van der Waals surface area contributed by atoms with Crippen molar-refractivity contribution in [2.45, 2.75) is 58.2 Å². The monoisotopic (exact) mass is 489 g/mol. The topological polar surface area (TPSA) is 46.3 Å². The molecule has 1 aliphatic heterocycles. The first-order valence-electron chi connectivity index (χ1n) is 12.1. The van der Waals surface area contributed by atoms with Gasteiger partial charge in [-0.3, -0.25) is 0 Å². The number of hydrogen-bond donors (Lipinski definition) is 2. The molecule has 1 aliphatic carbocycles. The second-order valence-electron chi connectivity index (χ2n) is 9.44. The Bertz CT molecular complexity index is 1360. The minimum atomic E-state index is 0.484. The van der Waals surface area contributed by atoms with E-state index in [-0.39, 0.29) is 0 Å². The number of aryl methyl sites for hydroxylation is 3. The summed E-state index contributed by atoms with van der Waals surface area (Å²) in [4.78, 5) is 0.789. The Kier molecular flexibility index (Phi) is 5.58. The third kappa shape index (κ3) is 3.99. The van der Waals surface area contributed by atoms with Crippen LogP contribution in [0.4, 0.5) is 5.69 Å². The van der Waals surface area contributed by atoms with E-state index in [1.54, 1.807) is 0 Å². The van der Waals surface area contributed by atoms with Gasteiger partial charge in [-0.05, 0) is 68.9 Å². The predicted molar refractivity (Wildman–Crippen MR) is 143 cm³/mol. The zero-order valence-electron chi connectivity index (χ0n) is 19.3. The third-order valence-corrected chi connectivity index (χ3v) is 7.39. The van der Waals surface area contributed by atoms with E-state index in [1.807, 2.05) is 12.1 Å². The van der Waals surface area contributed by atoms with Crippen molar-refractivity contribution < 1.29 is 0 Å². The molecule has 0 radical (unpaired) electrons. The molecular formula is C27H28ClN5S. The summed E-state index contributed by atoms with van der Waals surface area (Å²) in [5, 5.41) is 13.0. The Hall–Kier alpha value is -2.83. The molecule has 1 saturated carbocycles. The van der Waals surface area contributed by atoms with Crippen LogP contribution in [0, 0.1) is 6.92 Å². The molecule has 5 nitrogen and oxygen atoms in total. The number of benzene rings is 2. The molecule has 0 unspecified atom stereocenters. The second-order valence-corrected chi connectivity index (χ2v) is 10.3. The van der Waals surface area contributed by atoms with Crippen LogP contribution in [0.25, 0.3) is 16.8 Å². The van der Waals surface area contributed by atoms with E-state index >= 15 is 0 Å². The summed E-state index contributed by atoms with van der Waals surface area (Å²) >= 11 is 12.2. The number of aromatic nitrogens is 3. The van der Waals surface area contributed by atoms with Crippen molar-refractivity contribution in [2.75, 3.05) is 5.32 Å². The Morgan fingerprint density at radius 1 is 1.09 bits per heavy atom. The lowest BCUT2D eigenvalue weighted by Crippen LogP contribution is -2.26. The molecule has 174 valence electrons. The summed E-state index contributed by atoms with van der Waals surface area (Å²) in [6.45, 7) is 3.74. The van der Waals surface area contributed by atoms with Crippen LogP contribution in [0.2, 0.25) is 5.02 Å². The molecule has 6 rings (SSSR count). The molecule has 3 heterocycles. The van der Waals surface area contributed by atoms with Crippen molar-refractivity contribution in [3.8, 4) is 11.1 Å². The summed E-state index contributed by atoms with van der Waals surface area (Å²) in [6.07, 6.45) is 5.66. The lowest BCUT2D eigenvalue weighted by atomic mass is 9.98. The quantitative estimate of drug-likeness (QED) is 0.319. The number of rotatable bonds is 6. The highest BCUT2D eigenvalue weighted by Gasteiger charge is 2.31. The van der Waals surface area contributed by atoms with E-state index in [4.69, 9.17) is 28.9 Å². The lowest BCUT2D eigenvalue weighted by Gasteiger charge is -2.11. The molecule has 2 N–H and O–H groups in total. The smallest absolute Gasteiger partial charge is 0.150 e. The number of nitrogens with zero attached hydrogens (tertiary/aromatic N) is 3. The zero-order chi connectivity index (χ0) is 23.2. The number of halogens is 1. The summed E-state index contributed by atoms with van der Waals surface area (Å²) in [6, 6.07) is 17.1. The van der Waals surface area contributed by atoms with Gasteiger partial charge in [-0.1, -0.05) is 53.6 Å². The molecule has 0 saturated heterocycles. The molecule has 0 amide bonds. The van der Waals surface area contributed by atoms with Crippen LogP contribution < -0.4 is 10.6 Å². The van der Waals surface area contributed by atoms with E-state index < -0.39 is 0 Å². The Morgan fingerprint density at radius 2 is 1.85 bits per heavy atom. The average molecular weight is 490 g/mol. The minimum absolute atomic E-state index is 0.484. The van der Waals surface area contributed by atoms with Crippen molar-refractivity contribution in [1.29, 1.82) is 0 Å². The van der Waals surface area contributed by atoms with Crippen LogP contribution in [0.3, 0.4) is 0 Å². The molecule has 1 fully saturated rings. The third-order valence-electron chi connectivity index (χ3n) is 6.82. The lowest BCUT2D eigenvalue weighted by molar-refractivity contribution is 0.619. The second kappa shape index (κ2) is 8.75. The SMILES string of the molecule is Cc1ccc(NCc2nn3c(C(=S)NC4CC4)c(-c4ccc(Cl)cc4)c4c3n2CCCC4)cc1. The minimum Gasteiger partial charge on any atom is -0.378 e. The van der Waals surface area contributed by atoms with Gasteiger partial charge in [-0.15, -0.1) is 0 Å². The maximum absolute atomic E-state index is 6.22.